The van der Waals surface area contributed by atoms with Crippen molar-refractivity contribution in [2.45, 2.75) is 32.6 Å². The van der Waals surface area contributed by atoms with Crippen LogP contribution in [0.1, 0.15) is 20.3 Å². The predicted octanol–water partition coefficient (Wildman–Crippen LogP) is 2.38. The van der Waals surface area contributed by atoms with Gasteiger partial charge in [-0.05, 0) is 36.6 Å². The van der Waals surface area contributed by atoms with Gasteiger partial charge in [-0.15, -0.1) is 0 Å². The number of benzene rings is 1. The molecule has 0 radical (unpaired) electrons. The quantitative estimate of drug-likeness (QED) is 0.207. The first kappa shape index (κ1) is 26.9. The van der Waals surface area contributed by atoms with Crippen LogP contribution in [0.5, 0.6) is 16.7 Å². The number of nitrogens with two attached hydrogens (primary N) is 1. The number of ether oxygens (including phenoxy) is 3. The SMILES string of the molecule is CC(C)CC(O)C(N)Oc1ccc(OCCOc2nccs2)cc1.O=C(O)C=CC(=O)O. The van der Waals surface area contributed by atoms with Crippen LogP contribution in [0.25, 0.3) is 0 Å². The fraction of sp³-hybridized carbons (Fsp3) is 0.381. The summed E-state index contributed by atoms with van der Waals surface area (Å²) >= 11 is 1.44. The van der Waals surface area contributed by atoms with Gasteiger partial charge in [0.15, 0.2) is 6.23 Å². The highest BCUT2D eigenvalue weighted by Crippen LogP contribution is 2.20. The normalized spacial score (nSPS) is 12.5. The Morgan fingerprint density at radius 2 is 1.62 bits per heavy atom. The summed E-state index contributed by atoms with van der Waals surface area (Å²) in [7, 11) is 0. The topological polar surface area (TPSA) is 161 Å². The first-order valence-corrected chi connectivity index (χ1v) is 10.5. The van der Waals surface area contributed by atoms with Crippen LogP contribution in [0, 0.1) is 5.92 Å². The molecule has 1 aromatic heterocycles. The third-order valence-corrected chi connectivity index (χ3v) is 4.23. The van der Waals surface area contributed by atoms with Crippen LogP contribution in [0.15, 0.2) is 48.0 Å². The highest BCUT2D eigenvalue weighted by atomic mass is 32.1. The molecule has 0 saturated heterocycles. The lowest BCUT2D eigenvalue weighted by Gasteiger charge is -2.21. The summed E-state index contributed by atoms with van der Waals surface area (Å²) < 4.78 is 16.5. The van der Waals surface area contributed by atoms with Gasteiger partial charge in [0.1, 0.15) is 30.8 Å². The molecule has 0 amide bonds. The van der Waals surface area contributed by atoms with Crippen molar-refractivity contribution in [3.05, 3.63) is 48.0 Å². The van der Waals surface area contributed by atoms with Gasteiger partial charge < -0.3 is 29.5 Å². The van der Waals surface area contributed by atoms with E-state index >= 15 is 0 Å². The molecule has 10 nitrogen and oxygen atoms in total. The van der Waals surface area contributed by atoms with E-state index in [4.69, 9.17) is 30.2 Å². The zero-order chi connectivity index (χ0) is 23.9. The van der Waals surface area contributed by atoms with E-state index in [-0.39, 0.29) is 0 Å². The van der Waals surface area contributed by atoms with Gasteiger partial charge in [0, 0.05) is 23.7 Å². The van der Waals surface area contributed by atoms with Gasteiger partial charge >= 0.3 is 11.9 Å². The van der Waals surface area contributed by atoms with Crippen LogP contribution in [0.3, 0.4) is 0 Å². The predicted molar refractivity (Wildman–Crippen MR) is 118 cm³/mol. The van der Waals surface area contributed by atoms with E-state index in [1.807, 2.05) is 19.2 Å². The van der Waals surface area contributed by atoms with Gasteiger partial charge in [0.25, 0.3) is 5.19 Å². The molecule has 176 valence electrons. The Bertz CT molecular complexity index is 809. The van der Waals surface area contributed by atoms with Crippen LogP contribution in [-0.4, -0.2) is 57.8 Å². The number of aliphatic carboxylic acids is 2. The number of thiazole rings is 1. The molecule has 2 unspecified atom stereocenters. The second-order valence-electron chi connectivity index (χ2n) is 6.76. The van der Waals surface area contributed by atoms with Crippen LogP contribution < -0.4 is 19.9 Å². The Morgan fingerprint density at radius 3 is 2.12 bits per heavy atom. The van der Waals surface area contributed by atoms with Gasteiger partial charge in [-0.25, -0.2) is 14.6 Å². The molecule has 0 spiro atoms. The highest BCUT2D eigenvalue weighted by Gasteiger charge is 2.17. The van der Waals surface area contributed by atoms with Crippen molar-refractivity contribution in [2.24, 2.45) is 11.7 Å². The number of carboxylic acid groups (broad SMARTS) is 2. The molecule has 2 atom stereocenters. The molecule has 0 saturated carbocycles. The van der Waals surface area contributed by atoms with E-state index in [1.54, 1.807) is 30.5 Å². The molecule has 0 aliphatic heterocycles. The summed E-state index contributed by atoms with van der Waals surface area (Å²) in [6, 6.07) is 7.11. The van der Waals surface area contributed by atoms with Gasteiger partial charge in [0.05, 0.1) is 0 Å². The van der Waals surface area contributed by atoms with Crippen LogP contribution in [0.4, 0.5) is 0 Å². The second-order valence-corrected chi connectivity index (χ2v) is 7.61. The standard InChI is InChI=1S/C17H24N2O4S.C4H4O4/c1-12(2)11-15(20)16(18)23-14-5-3-13(4-6-14)21-8-9-22-17-19-7-10-24-17;5-3(6)1-2-4(7)8/h3-7,10,12,15-16,20H,8-9,11,18H2,1-2H3;1-2H,(H,5,6)(H,7,8). The van der Waals surface area contributed by atoms with Gasteiger partial charge in [0.2, 0.25) is 0 Å². The Hall–Kier alpha value is -3.15. The van der Waals surface area contributed by atoms with Crippen molar-refractivity contribution in [3.63, 3.8) is 0 Å². The molecule has 0 aliphatic carbocycles. The Labute approximate surface area is 189 Å². The van der Waals surface area contributed by atoms with Crippen molar-refractivity contribution < 1.29 is 39.1 Å². The summed E-state index contributed by atoms with van der Waals surface area (Å²) in [5.41, 5.74) is 5.86. The van der Waals surface area contributed by atoms with Crippen LogP contribution in [0.2, 0.25) is 0 Å². The zero-order valence-electron chi connectivity index (χ0n) is 17.8. The van der Waals surface area contributed by atoms with Crippen LogP contribution >= 0.6 is 11.3 Å². The molecule has 1 aromatic carbocycles. The minimum atomic E-state index is -1.26. The Kier molecular flexibility index (Phi) is 12.4. The van der Waals surface area contributed by atoms with Crippen LogP contribution in [-0.2, 0) is 9.59 Å². The maximum Gasteiger partial charge on any atom is 0.328 e. The fourth-order valence-electron chi connectivity index (χ4n) is 2.18. The minimum absolute atomic E-state index is 0.358. The van der Waals surface area contributed by atoms with Gasteiger partial charge in [-0.1, -0.05) is 25.2 Å². The minimum Gasteiger partial charge on any atom is -0.490 e. The molecule has 0 aliphatic rings. The lowest BCUT2D eigenvalue weighted by Crippen LogP contribution is -2.40. The molecule has 2 aromatic rings. The third-order valence-electron chi connectivity index (χ3n) is 3.54. The van der Waals surface area contributed by atoms with E-state index in [1.165, 1.54) is 11.3 Å². The number of nitrogens with zero attached hydrogens (tertiary/aromatic N) is 1. The average Bonchev–Trinajstić information content (AvgIpc) is 3.24. The van der Waals surface area contributed by atoms with E-state index in [2.05, 4.69) is 4.98 Å². The molecule has 5 N–H and O–H groups in total. The lowest BCUT2D eigenvalue weighted by molar-refractivity contribution is -0.134. The fourth-order valence-corrected chi connectivity index (χ4v) is 2.69. The molecule has 0 fully saturated rings. The maximum absolute atomic E-state index is 9.93. The summed E-state index contributed by atoms with van der Waals surface area (Å²) in [5.74, 6) is -0.852. The van der Waals surface area contributed by atoms with Crippen molar-refractivity contribution in [1.29, 1.82) is 0 Å². The first-order valence-electron chi connectivity index (χ1n) is 9.66. The first-order chi connectivity index (χ1) is 15.2. The van der Waals surface area contributed by atoms with Gasteiger partial charge in [-0.2, -0.15) is 0 Å². The number of aliphatic hydroxyl groups is 1. The number of rotatable bonds is 12. The van der Waals surface area contributed by atoms with Crippen molar-refractivity contribution >= 4 is 23.3 Å². The summed E-state index contributed by atoms with van der Waals surface area (Å²) in [5, 5.41) is 28.1. The molecular formula is C21H28N2O8S. The second kappa shape index (κ2) is 14.8. The number of carboxylic acids is 2. The summed E-state index contributed by atoms with van der Waals surface area (Å²) in [6.07, 6.45) is 1.98. The monoisotopic (exact) mass is 468 g/mol. The van der Waals surface area contributed by atoms with Crippen molar-refractivity contribution in [1.82, 2.24) is 4.98 Å². The number of carbonyl (C=O) groups is 2. The number of hydrogen-bond donors (Lipinski definition) is 4. The molecular weight excluding hydrogens is 440 g/mol. The Morgan fingerprint density at radius 1 is 1.06 bits per heavy atom. The smallest absolute Gasteiger partial charge is 0.328 e. The largest absolute Gasteiger partial charge is 0.490 e. The highest BCUT2D eigenvalue weighted by molar-refractivity contribution is 7.11. The molecule has 32 heavy (non-hydrogen) atoms. The van der Waals surface area contributed by atoms with Crippen molar-refractivity contribution in [3.8, 4) is 16.7 Å². The zero-order valence-corrected chi connectivity index (χ0v) is 18.6. The lowest BCUT2D eigenvalue weighted by atomic mass is 10.1. The molecule has 1 heterocycles. The molecule has 0 bridgehead atoms. The van der Waals surface area contributed by atoms with E-state index < -0.39 is 24.3 Å². The molecule has 11 heteroatoms. The molecule has 2 rings (SSSR count). The number of hydrogen-bond acceptors (Lipinski definition) is 9. The third kappa shape index (κ3) is 12.5. The van der Waals surface area contributed by atoms with E-state index in [0.717, 1.165) is 0 Å². The number of aliphatic hydroxyl groups excluding tert-OH is 1. The summed E-state index contributed by atoms with van der Waals surface area (Å²) in [6.45, 7) is 4.91. The Balaban J connectivity index is 0.000000547. The van der Waals surface area contributed by atoms with E-state index in [9.17, 15) is 14.7 Å². The van der Waals surface area contributed by atoms with Gasteiger partial charge in [-0.3, -0.25) is 5.73 Å². The maximum atomic E-state index is 9.93. The average molecular weight is 469 g/mol. The number of aromatic nitrogens is 1. The van der Waals surface area contributed by atoms with E-state index in [0.29, 0.717) is 54.4 Å². The summed E-state index contributed by atoms with van der Waals surface area (Å²) in [4.78, 5) is 23.1. The van der Waals surface area contributed by atoms with Crippen molar-refractivity contribution in [2.75, 3.05) is 13.2 Å².